The largest absolute Gasteiger partial charge is 0.341 e. The van der Waals surface area contributed by atoms with Crippen molar-refractivity contribution in [2.24, 2.45) is 13.0 Å². The number of likely N-dealkylation sites (tertiary alicyclic amines) is 1. The van der Waals surface area contributed by atoms with Gasteiger partial charge in [0.25, 0.3) is 0 Å². The van der Waals surface area contributed by atoms with E-state index < -0.39 is 0 Å². The first kappa shape index (κ1) is 15.0. The van der Waals surface area contributed by atoms with Crippen LogP contribution >= 0.6 is 12.4 Å². The topological polar surface area (TPSA) is 50.2 Å². The van der Waals surface area contributed by atoms with Gasteiger partial charge in [-0.3, -0.25) is 9.48 Å². The summed E-state index contributed by atoms with van der Waals surface area (Å²) < 4.78 is 1.72. The van der Waals surface area contributed by atoms with E-state index in [9.17, 15) is 4.79 Å². The van der Waals surface area contributed by atoms with Crippen molar-refractivity contribution in [1.82, 2.24) is 20.0 Å². The molecule has 1 aromatic rings. The number of aromatic nitrogens is 2. The van der Waals surface area contributed by atoms with Crippen molar-refractivity contribution in [2.75, 3.05) is 20.1 Å². The summed E-state index contributed by atoms with van der Waals surface area (Å²) in [5, 5.41) is 7.19. The first-order valence-electron chi connectivity index (χ1n) is 6.06. The van der Waals surface area contributed by atoms with Gasteiger partial charge >= 0.3 is 0 Å². The van der Waals surface area contributed by atoms with Crippen LogP contribution in [0.3, 0.4) is 0 Å². The van der Waals surface area contributed by atoms with E-state index in [4.69, 9.17) is 0 Å². The molecule has 1 N–H and O–H groups in total. The van der Waals surface area contributed by atoms with Crippen LogP contribution in [0.5, 0.6) is 0 Å². The van der Waals surface area contributed by atoms with Gasteiger partial charge in [0.05, 0.1) is 6.20 Å². The van der Waals surface area contributed by atoms with Crippen molar-refractivity contribution in [3.05, 3.63) is 18.0 Å². The highest BCUT2D eigenvalue weighted by Gasteiger charge is 2.29. The van der Waals surface area contributed by atoms with Crippen LogP contribution in [0.2, 0.25) is 0 Å². The fraction of sp³-hybridized carbons (Fsp3) is 0.667. The van der Waals surface area contributed by atoms with Gasteiger partial charge in [-0.2, -0.15) is 5.10 Å². The molecule has 0 aliphatic carbocycles. The van der Waals surface area contributed by atoms with Gasteiger partial charge in [0.15, 0.2) is 0 Å². The van der Waals surface area contributed by atoms with Gasteiger partial charge in [0.2, 0.25) is 5.91 Å². The summed E-state index contributed by atoms with van der Waals surface area (Å²) in [6.45, 7) is 3.93. The minimum Gasteiger partial charge on any atom is -0.341 e. The summed E-state index contributed by atoms with van der Waals surface area (Å²) in [5.41, 5.74) is 0.930. The van der Waals surface area contributed by atoms with E-state index in [2.05, 4.69) is 17.3 Å². The fourth-order valence-electron chi connectivity index (χ4n) is 2.34. The van der Waals surface area contributed by atoms with Gasteiger partial charge in [-0.1, -0.05) is 6.92 Å². The monoisotopic (exact) mass is 272 g/mol. The number of hydrogen-bond acceptors (Lipinski definition) is 3. The molecular formula is C12H21ClN4O. The fourth-order valence-corrected chi connectivity index (χ4v) is 2.34. The molecule has 1 fully saturated rings. The Morgan fingerprint density at radius 1 is 1.61 bits per heavy atom. The number of amides is 1. The standard InChI is InChI=1S/C12H20N4O.ClH/c1-9-4-5-16(7-9)12(17)11(13-2)10-6-14-15(3)8-10;/h6,8-9,11,13H,4-5,7H2,1-3H3;1H. The highest BCUT2D eigenvalue weighted by Crippen LogP contribution is 2.21. The summed E-state index contributed by atoms with van der Waals surface area (Å²) in [7, 11) is 3.67. The summed E-state index contributed by atoms with van der Waals surface area (Å²) in [4.78, 5) is 14.3. The number of carbonyl (C=O) groups is 1. The molecule has 102 valence electrons. The molecule has 5 nitrogen and oxygen atoms in total. The smallest absolute Gasteiger partial charge is 0.244 e. The Kier molecular flexibility index (Phi) is 5.16. The molecule has 2 atom stereocenters. The van der Waals surface area contributed by atoms with Crippen LogP contribution in [0.15, 0.2) is 12.4 Å². The molecule has 0 radical (unpaired) electrons. The van der Waals surface area contributed by atoms with E-state index in [1.54, 1.807) is 10.9 Å². The van der Waals surface area contributed by atoms with Crippen LogP contribution in [0, 0.1) is 5.92 Å². The molecule has 2 unspecified atom stereocenters. The minimum absolute atomic E-state index is 0. The second-order valence-corrected chi connectivity index (χ2v) is 4.85. The maximum Gasteiger partial charge on any atom is 0.244 e. The van der Waals surface area contributed by atoms with E-state index in [-0.39, 0.29) is 24.4 Å². The highest BCUT2D eigenvalue weighted by molar-refractivity contribution is 5.85. The Morgan fingerprint density at radius 2 is 2.33 bits per heavy atom. The Labute approximate surface area is 114 Å². The van der Waals surface area contributed by atoms with Gasteiger partial charge in [-0.05, 0) is 19.4 Å². The molecule has 0 spiro atoms. The second-order valence-electron chi connectivity index (χ2n) is 4.85. The third kappa shape index (κ3) is 3.03. The number of halogens is 1. The van der Waals surface area contributed by atoms with E-state index in [0.29, 0.717) is 5.92 Å². The van der Waals surface area contributed by atoms with E-state index in [1.165, 1.54) is 0 Å². The molecule has 1 amide bonds. The van der Waals surface area contributed by atoms with Crippen LogP contribution < -0.4 is 5.32 Å². The van der Waals surface area contributed by atoms with Crippen LogP contribution in [0.4, 0.5) is 0 Å². The summed E-state index contributed by atoms with van der Waals surface area (Å²) in [5.74, 6) is 0.773. The van der Waals surface area contributed by atoms with Gasteiger partial charge in [-0.15, -0.1) is 12.4 Å². The van der Waals surface area contributed by atoms with Crippen LogP contribution in [0.25, 0.3) is 0 Å². The zero-order chi connectivity index (χ0) is 12.4. The number of nitrogens with zero attached hydrogens (tertiary/aromatic N) is 3. The molecule has 6 heteroatoms. The highest BCUT2D eigenvalue weighted by atomic mass is 35.5. The predicted molar refractivity (Wildman–Crippen MR) is 72.6 cm³/mol. The van der Waals surface area contributed by atoms with Gasteiger partial charge < -0.3 is 10.2 Å². The lowest BCUT2D eigenvalue weighted by Crippen LogP contribution is -2.38. The molecule has 0 saturated carbocycles. The van der Waals surface area contributed by atoms with Crippen LogP contribution in [-0.4, -0.2) is 40.7 Å². The first-order valence-corrected chi connectivity index (χ1v) is 6.06. The van der Waals surface area contributed by atoms with Crippen molar-refractivity contribution in [3.8, 4) is 0 Å². The molecule has 18 heavy (non-hydrogen) atoms. The summed E-state index contributed by atoms with van der Waals surface area (Å²) in [6.07, 6.45) is 4.74. The average molecular weight is 273 g/mol. The number of hydrogen-bond donors (Lipinski definition) is 1. The van der Waals surface area contributed by atoms with Crippen molar-refractivity contribution in [2.45, 2.75) is 19.4 Å². The third-order valence-corrected chi connectivity index (χ3v) is 3.33. The predicted octanol–water partition coefficient (Wildman–Crippen LogP) is 0.971. The van der Waals surface area contributed by atoms with E-state index in [0.717, 1.165) is 25.1 Å². The molecule has 1 aliphatic heterocycles. The van der Waals surface area contributed by atoms with Gasteiger partial charge in [-0.25, -0.2) is 0 Å². The molecular weight excluding hydrogens is 252 g/mol. The summed E-state index contributed by atoms with van der Waals surface area (Å²) in [6, 6.07) is -0.269. The van der Waals surface area contributed by atoms with Crippen LogP contribution in [-0.2, 0) is 11.8 Å². The summed E-state index contributed by atoms with van der Waals surface area (Å²) >= 11 is 0. The Bertz CT molecular complexity index is 407. The maximum atomic E-state index is 12.4. The molecule has 0 aromatic carbocycles. The lowest BCUT2D eigenvalue weighted by Gasteiger charge is -2.22. The molecule has 2 rings (SSSR count). The zero-order valence-electron chi connectivity index (χ0n) is 11.1. The van der Waals surface area contributed by atoms with Crippen molar-refractivity contribution < 1.29 is 4.79 Å². The molecule has 1 aromatic heterocycles. The number of nitrogens with one attached hydrogen (secondary N) is 1. The molecule has 0 bridgehead atoms. The first-order chi connectivity index (χ1) is 8.11. The Morgan fingerprint density at radius 3 is 2.78 bits per heavy atom. The molecule has 2 heterocycles. The minimum atomic E-state index is -0.269. The van der Waals surface area contributed by atoms with Gasteiger partial charge in [0, 0.05) is 31.9 Å². The van der Waals surface area contributed by atoms with E-state index >= 15 is 0 Å². The Balaban J connectivity index is 0.00000162. The third-order valence-electron chi connectivity index (χ3n) is 3.33. The van der Waals surface area contributed by atoms with Gasteiger partial charge in [0.1, 0.15) is 6.04 Å². The zero-order valence-corrected chi connectivity index (χ0v) is 11.9. The SMILES string of the molecule is CNC(C(=O)N1CCC(C)C1)c1cnn(C)c1.Cl. The Hall–Kier alpha value is -1.07. The number of rotatable bonds is 3. The normalized spacial score (nSPS) is 20.6. The van der Waals surface area contributed by atoms with Crippen LogP contribution in [0.1, 0.15) is 24.9 Å². The quantitative estimate of drug-likeness (QED) is 0.892. The lowest BCUT2D eigenvalue weighted by atomic mass is 10.1. The lowest BCUT2D eigenvalue weighted by molar-refractivity contribution is -0.132. The molecule has 1 aliphatic rings. The van der Waals surface area contributed by atoms with E-state index in [1.807, 2.05) is 25.2 Å². The number of carbonyl (C=O) groups excluding carboxylic acids is 1. The maximum absolute atomic E-state index is 12.4. The average Bonchev–Trinajstić information content (AvgIpc) is 2.89. The van der Waals surface area contributed by atoms with Crippen molar-refractivity contribution >= 4 is 18.3 Å². The second kappa shape index (κ2) is 6.20. The van der Waals surface area contributed by atoms with Crippen molar-refractivity contribution in [3.63, 3.8) is 0 Å². The molecule has 1 saturated heterocycles. The number of likely N-dealkylation sites (N-methyl/N-ethyl adjacent to an activating group) is 1. The number of aryl methyl sites for hydroxylation is 1. The van der Waals surface area contributed by atoms with Crippen molar-refractivity contribution in [1.29, 1.82) is 0 Å².